The lowest BCUT2D eigenvalue weighted by Crippen LogP contribution is -2.30. The normalized spacial score (nSPS) is 15.4. The van der Waals surface area contributed by atoms with Gasteiger partial charge in [-0.05, 0) is 43.4 Å². The number of pyridine rings is 1. The molecule has 0 aliphatic heterocycles. The first kappa shape index (κ1) is 12.7. The third kappa shape index (κ3) is 3.35. The van der Waals surface area contributed by atoms with Crippen LogP contribution in [0.4, 0.5) is 5.82 Å². The van der Waals surface area contributed by atoms with Crippen molar-refractivity contribution in [2.45, 2.75) is 45.5 Å². The largest absolute Gasteiger partial charge is 0.353 e. The molecule has 0 unspecified atom stereocenters. The third-order valence-corrected chi connectivity index (χ3v) is 3.31. The average molecular weight is 253 g/mol. The second-order valence-corrected chi connectivity index (χ2v) is 5.65. The van der Waals surface area contributed by atoms with E-state index in [-0.39, 0.29) is 0 Å². The minimum atomic E-state index is 0.566. The lowest BCUT2D eigenvalue weighted by Gasteiger charge is -2.26. The summed E-state index contributed by atoms with van der Waals surface area (Å²) in [4.78, 5) is 7.12. The lowest BCUT2D eigenvalue weighted by molar-refractivity contribution is 0.602. The van der Waals surface area contributed by atoms with Crippen molar-refractivity contribution in [2.75, 3.05) is 11.4 Å². The van der Waals surface area contributed by atoms with E-state index in [4.69, 9.17) is 11.6 Å². The van der Waals surface area contributed by atoms with Gasteiger partial charge in [0.1, 0.15) is 5.82 Å². The quantitative estimate of drug-likeness (QED) is 0.742. The number of hydrogen-bond acceptors (Lipinski definition) is 2. The summed E-state index contributed by atoms with van der Waals surface area (Å²) in [6.07, 6.45) is 2.61. The van der Waals surface area contributed by atoms with Crippen molar-refractivity contribution >= 4 is 17.4 Å². The predicted molar refractivity (Wildman–Crippen MR) is 73.7 cm³/mol. The van der Waals surface area contributed by atoms with Gasteiger partial charge in [0.2, 0.25) is 0 Å². The van der Waals surface area contributed by atoms with Gasteiger partial charge in [-0.3, -0.25) is 0 Å². The summed E-state index contributed by atoms with van der Waals surface area (Å²) in [7, 11) is 0. The maximum atomic E-state index is 5.93. The van der Waals surface area contributed by atoms with Gasteiger partial charge in [-0.1, -0.05) is 13.8 Å². The fraction of sp³-hybridized carbons (Fsp3) is 0.643. The van der Waals surface area contributed by atoms with E-state index in [1.807, 2.05) is 6.92 Å². The summed E-state index contributed by atoms with van der Waals surface area (Å²) in [5.41, 5.74) is 2.23. The van der Waals surface area contributed by atoms with E-state index in [0.29, 0.717) is 17.8 Å². The van der Waals surface area contributed by atoms with Gasteiger partial charge < -0.3 is 4.90 Å². The van der Waals surface area contributed by atoms with E-state index in [1.165, 1.54) is 18.4 Å². The van der Waals surface area contributed by atoms with Crippen LogP contribution in [-0.4, -0.2) is 17.6 Å². The second-order valence-electron chi connectivity index (χ2n) is 5.39. The SMILES string of the molecule is Cc1cc(CCl)cc(N(CC(C)C)C2CC2)n1. The Kier molecular flexibility index (Phi) is 3.93. The van der Waals surface area contributed by atoms with Crippen molar-refractivity contribution in [3.05, 3.63) is 23.4 Å². The summed E-state index contributed by atoms with van der Waals surface area (Å²) in [6.45, 7) is 7.64. The number of alkyl halides is 1. The van der Waals surface area contributed by atoms with Gasteiger partial charge in [0, 0.05) is 24.2 Å². The van der Waals surface area contributed by atoms with E-state index in [2.05, 4.69) is 35.9 Å². The van der Waals surface area contributed by atoms with Crippen LogP contribution in [0.2, 0.25) is 0 Å². The zero-order valence-electron chi connectivity index (χ0n) is 10.9. The number of aromatic nitrogens is 1. The Morgan fingerprint density at radius 2 is 2.12 bits per heavy atom. The maximum Gasteiger partial charge on any atom is 0.129 e. The molecular weight excluding hydrogens is 232 g/mol. The van der Waals surface area contributed by atoms with E-state index in [9.17, 15) is 0 Å². The Hall–Kier alpha value is -0.760. The molecule has 1 aromatic heterocycles. The predicted octanol–water partition coefficient (Wildman–Crippen LogP) is 3.75. The molecule has 1 aliphatic carbocycles. The van der Waals surface area contributed by atoms with Crippen molar-refractivity contribution in [1.29, 1.82) is 0 Å². The summed E-state index contributed by atoms with van der Waals surface area (Å²) < 4.78 is 0. The van der Waals surface area contributed by atoms with Crippen LogP contribution in [0.1, 0.15) is 37.9 Å². The Labute approximate surface area is 109 Å². The molecule has 17 heavy (non-hydrogen) atoms. The first-order valence-corrected chi connectivity index (χ1v) is 6.93. The van der Waals surface area contributed by atoms with Crippen LogP contribution in [0.3, 0.4) is 0 Å². The van der Waals surface area contributed by atoms with Crippen molar-refractivity contribution in [3.63, 3.8) is 0 Å². The smallest absolute Gasteiger partial charge is 0.129 e. The topological polar surface area (TPSA) is 16.1 Å². The molecule has 1 saturated carbocycles. The summed E-state index contributed by atoms with van der Waals surface area (Å²) in [5, 5.41) is 0. The summed E-state index contributed by atoms with van der Waals surface area (Å²) in [6, 6.07) is 4.91. The highest BCUT2D eigenvalue weighted by Gasteiger charge is 2.30. The molecule has 0 spiro atoms. The second kappa shape index (κ2) is 5.26. The van der Waals surface area contributed by atoms with Crippen LogP contribution in [0.15, 0.2) is 12.1 Å². The van der Waals surface area contributed by atoms with Gasteiger partial charge >= 0.3 is 0 Å². The fourth-order valence-corrected chi connectivity index (χ4v) is 2.31. The molecule has 2 rings (SSSR count). The van der Waals surface area contributed by atoms with Crippen LogP contribution in [0.25, 0.3) is 0 Å². The van der Waals surface area contributed by atoms with E-state index in [0.717, 1.165) is 18.1 Å². The number of halogens is 1. The van der Waals surface area contributed by atoms with Gasteiger partial charge in [-0.15, -0.1) is 11.6 Å². The Morgan fingerprint density at radius 1 is 1.41 bits per heavy atom. The zero-order chi connectivity index (χ0) is 12.4. The highest BCUT2D eigenvalue weighted by Crippen LogP contribution is 2.32. The monoisotopic (exact) mass is 252 g/mol. The van der Waals surface area contributed by atoms with Gasteiger partial charge in [-0.2, -0.15) is 0 Å². The molecule has 1 heterocycles. The fourth-order valence-electron chi connectivity index (χ4n) is 2.15. The van der Waals surface area contributed by atoms with Crippen LogP contribution in [-0.2, 0) is 5.88 Å². The number of nitrogens with zero attached hydrogens (tertiary/aromatic N) is 2. The van der Waals surface area contributed by atoms with Gasteiger partial charge in [0.05, 0.1) is 0 Å². The van der Waals surface area contributed by atoms with Crippen LogP contribution in [0.5, 0.6) is 0 Å². The number of aryl methyl sites for hydroxylation is 1. The molecule has 0 radical (unpaired) electrons. The van der Waals surface area contributed by atoms with Gasteiger partial charge in [0.25, 0.3) is 0 Å². The standard InChI is InChI=1S/C14H21ClN2/c1-10(2)9-17(13-4-5-13)14-7-12(8-15)6-11(3)16-14/h6-7,10,13H,4-5,8-9H2,1-3H3. The molecule has 0 atom stereocenters. The molecule has 1 fully saturated rings. The van der Waals surface area contributed by atoms with E-state index < -0.39 is 0 Å². The summed E-state index contributed by atoms with van der Waals surface area (Å²) >= 11 is 5.93. The molecule has 1 aromatic rings. The maximum absolute atomic E-state index is 5.93. The highest BCUT2D eigenvalue weighted by molar-refractivity contribution is 6.17. The molecule has 0 N–H and O–H groups in total. The van der Waals surface area contributed by atoms with Crippen LogP contribution in [0, 0.1) is 12.8 Å². The van der Waals surface area contributed by atoms with Crippen molar-refractivity contribution in [3.8, 4) is 0 Å². The molecular formula is C14H21ClN2. The van der Waals surface area contributed by atoms with E-state index >= 15 is 0 Å². The number of rotatable bonds is 5. The number of anilines is 1. The lowest BCUT2D eigenvalue weighted by atomic mass is 10.2. The zero-order valence-corrected chi connectivity index (χ0v) is 11.7. The number of hydrogen-bond donors (Lipinski definition) is 0. The molecule has 1 aliphatic rings. The minimum Gasteiger partial charge on any atom is -0.353 e. The Morgan fingerprint density at radius 3 is 2.65 bits per heavy atom. The Bertz CT molecular complexity index is 386. The molecule has 3 heteroatoms. The first-order valence-electron chi connectivity index (χ1n) is 6.40. The third-order valence-electron chi connectivity index (χ3n) is 3.00. The first-order chi connectivity index (χ1) is 8.10. The Balaban J connectivity index is 2.25. The van der Waals surface area contributed by atoms with Crippen molar-refractivity contribution in [1.82, 2.24) is 4.98 Å². The van der Waals surface area contributed by atoms with E-state index in [1.54, 1.807) is 0 Å². The van der Waals surface area contributed by atoms with Crippen LogP contribution >= 0.6 is 11.6 Å². The molecule has 2 nitrogen and oxygen atoms in total. The molecule has 0 amide bonds. The van der Waals surface area contributed by atoms with Gasteiger partial charge in [-0.25, -0.2) is 4.98 Å². The summed E-state index contributed by atoms with van der Waals surface area (Å²) in [5.74, 6) is 2.34. The van der Waals surface area contributed by atoms with Crippen molar-refractivity contribution in [2.24, 2.45) is 5.92 Å². The molecule has 94 valence electrons. The van der Waals surface area contributed by atoms with Crippen LogP contribution < -0.4 is 4.90 Å². The molecule has 0 aromatic carbocycles. The highest BCUT2D eigenvalue weighted by atomic mass is 35.5. The minimum absolute atomic E-state index is 0.566. The molecule has 0 saturated heterocycles. The van der Waals surface area contributed by atoms with Crippen molar-refractivity contribution < 1.29 is 0 Å². The molecule has 0 bridgehead atoms. The average Bonchev–Trinajstić information content (AvgIpc) is 3.08. The van der Waals surface area contributed by atoms with Gasteiger partial charge in [0.15, 0.2) is 0 Å².